The molecule has 2 aromatic heterocycles. The molecule has 0 amide bonds. The molecule has 2 aromatic carbocycles. The van der Waals surface area contributed by atoms with Crippen molar-refractivity contribution < 1.29 is 4.42 Å². The Morgan fingerprint density at radius 3 is 2.50 bits per heavy atom. The van der Waals surface area contributed by atoms with Crippen molar-refractivity contribution in [2.24, 2.45) is 5.73 Å². The van der Waals surface area contributed by atoms with Gasteiger partial charge in [-0.1, -0.05) is 36.4 Å². The lowest BCUT2D eigenvalue weighted by atomic mass is 10.1. The number of rotatable bonds is 6. The van der Waals surface area contributed by atoms with Crippen LogP contribution in [0.5, 0.6) is 0 Å². The molecule has 0 atom stereocenters. The van der Waals surface area contributed by atoms with Gasteiger partial charge in [0.15, 0.2) is 11.5 Å². The quantitative estimate of drug-likeness (QED) is 0.481. The van der Waals surface area contributed by atoms with Gasteiger partial charge in [0.05, 0.1) is 11.9 Å². The second kappa shape index (κ2) is 8.20. The van der Waals surface area contributed by atoms with Gasteiger partial charge in [-0.05, 0) is 18.2 Å². The number of hydrogen-bond acceptors (Lipinski definition) is 8. The summed E-state index contributed by atoms with van der Waals surface area (Å²) < 4.78 is 5.80. The second-order valence-corrected chi connectivity index (χ2v) is 7.04. The summed E-state index contributed by atoms with van der Waals surface area (Å²) >= 11 is 1.67. The highest BCUT2D eigenvalue weighted by Crippen LogP contribution is 2.32. The van der Waals surface area contributed by atoms with E-state index in [9.17, 15) is 0 Å². The molecule has 0 aliphatic rings. The molecular weight excluding hydrogens is 372 g/mol. The molecule has 0 spiro atoms. The summed E-state index contributed by atoms with van der Waals surface area (Å²) in [5.41, 5.74) is 14.5. The molecule has 0 bridgehead atoms. The smallest absolute Gasteiger partial charge is 0.270 e. The predicted molar refractivity (Wildman–Crippen MR) is 110 cm³/mol. The fourth-order valence-electron chi connectivity index (χ4n) is 2.67. The Balaban J connectivity index is 1.72. The summed E-state index contributed by atoms with van der Waals surface area (Å²) in [5, 5.41) is 8.22. The summed E-state index contributed by atoms with van der Waals surface area (Å²) in [5.74, 6) is 1.69. The highest BCUT2D eigenvalue weighted by molar-refractivity contribution is 7.99. The lowest BCUT2D eigenvalue weighted by Crippen LogP contribution is -2.02. The second-order valence-electron chi connectivity index (χ2n) is 5.90. The average molecular weight is 390 g/mol. The van der Waals surface area contributed by atoms with Crippen molar-refractivity contribution in [3.63, 3.8) is 0 Å². The van der Waals surface area contributed by atoms with E-state index in [0.717, 1.165) is 21.8 Å². The number of anilines is 1. The van der Waals surface area contributed by atoms with Gasteiger partial charge in [0.1, 0.15) is 0 Å². The Morgan fingerprint density at radius 2 is 1.68 bits per heavy atom. The lowest BCUT2D eigenvalue weighted by Gasteiger charge is -2.09. The van der Waals surface area contributed by atoms with Gasteiger partial charge in [-0.3, -0.25) is 0 Å². The first-order valence-corrected chi connectivity index (χ1v) is 9.69. The van der Waals surface area contributed by atoms with Crippen LogP contribution in [-0.2, 0) is 0 Å². The minimum absolute atomic E-state index is 0.234. The minimum atomic E-state index is 0.234. The molecule has 140 valence electrons. The molecule has 4 aromatic rings. The Hall–Kier alpha value is -3.23. The van der Waals surface area contributed by atoms with Gasteiger partial charge in [-0.15, -0.1) is 22.0 Å². The molecule has 4 N–H and O–H groups in total. The molecule has 2 heterocycles. The van der Waals surface area contributed by atoms with Crippen LogP contribution in [0.3, 0.4) is 0 Å². The maximum absolute atomic E-state index is 6.04. The van der Waals surface area contributed by atoms with Crippen molar-refractivity contribution >= 4 is 17.6 Å². The van der Waals surface area contributed by atoms with Gasteiger partial charge in [-0.2, -0.15) is 0 Å². The molecule has 7 nitrogen and oxygen atoms in total. The normalized spacial score (nSPS) is 10.9. The number of hydrogen-bond donors (Lipinski definition) is 2. The van der Waals surface area contributed by atoms with Crippen molar-refractivity contribution in [1.82, 2.24) is 20.2 Å². The zero-order valence-electron chi connectivity index (χ0n) is 14.9. The summed E-state index contributed by atoms with van der Waals surface area (Å²) in [4.78, 5) is 10.0. The van der Waals surface area contributed by atoms with Gasteiger partial charge in [-0.25, -0.2) is 9.97 Å². The van der Waals surface area contributed by atoms with E-state index in [1.54, 1.807) is 18.0 Å². The van der Waals surface area contributed by atoms with E-state index >= 15 is 0 Å². The van der Waals surface area contributed by atoms with Crippen LogP contribution in [0.2, 0.25) is 0 Å². The minimum Gasteiger partial charge on any atom is -0.414 e. The molecular formula is C20H18N6OS. The maximum atomic E-state index is 6.04. The first-order valence-electron chi connectivity index (χ1n) is 8.70. The van der Waals surface area contributed by atoms with Gasteiger partial charge >= 0.3 is 0 Å². The van der Waals surface area contributed by atoms with Crippen LogP contribution in [0.4, 0.5) is 5.82 Å². The summed E-state index contributed by atoms with van der Waals surface area (Å²) in [6, 6.07) is 17.5. The highest BCUT2D eigenvalue weighted by Gasteiger charge is 2.17. The number of thioether (sulfide) groups is 1. The van der Waals surface area contributed by atoms with E-state index in [4.69, 9.17) is 15.9 Å². The lowest BCUT2D eigenvalue weighted by molar-refractivity contribution is 0.582. The topological polar surface area (TPSA) is 117 Å². The van der Waals surface area contributed by atoms with Gasteiger partial charge in [0.25, 0.3) is 5.89 Å². The van der Waals surface area contributed by atoms with Crippen LogP contribution in [-0.4, -0.2) is 32.5 Å². The van der Waals surface area contributed by atoms with Crippen LogP contribution in [0.1, 0.15) is 0 Å². The molecule has 28 heavy (non-hydrogen) atoms. The van der Waals surface area contributed by atoms with Crippen molar-refractivity contribution in [3.05, 3.63) is 60.8 Å². The van der Waals surface area contributed by atoms with Crippen LogP contribution in [0.15, 0.2) is 70.1 Å². The molecule has 4 rings (SSSR count). The first kappa shape index (κ1) is 18.1. The van der Waals surface area contributed by atoms with Crippen molar-refractivity contribution in [3.8, 4) is 34.3 Å². The zero-order valence-corrected chi connectivity index (χ0v) is 15.8. The van der Waals surface area contributed by atoms with E-state index in [2.05, 4.69) is 20.2 Å². The highest BCUT2D eigenvalue weighted by atomic mass is 32.2. The summed E-state index contributed by atoms with van der Waals surface area (Å²) in [7, 11) is 0. The van der Waals surface area contributed by atoms with Crippen molar-refractivity contribution in [1.29, 1.82) is 0 Å². The molecule has 0 saturated carbocycles. The number of nitrogens with two attached hydrogens (primary N) is 2. The molecule has 0 aliphatic heterocycles. The van der Waals surface area contributed by atoms with E-state index in [-0.39, 0.29) is 11.7 Å². The van der Waals surface area contributed by atoms with Crippen LogP contribution < -0.4 is 11.5 Å². The summed E-state index contributed by atoms with van der Waals surface area (Å²) in [6.45, 7) is 0.599. The molecule has 0 saturated heterocycles. The fraction of sp³-hybridized carbons (Fsp3) is 0.100. The maximum Gasteiger partial charge on any atom is 0.270 e. The fourth-order valence-corrected chi connectivity index (χ4v) is 3.52. The number of nitrogen functional groups attached to an aromatic ring is 1. The number of aromatic nitrogens is 4. The Bertz CT molecular complexity index is 1080. The van der Waals surface area contributed by atoms with Crippen LogP contribution >= 0.6 is 11.8 Å². The van der Waals surface area contributed by atoms with Gasteiger partial charge in [0.2, 0.25) is 5.89 Å². The largest absolute Gasteiger partial charge is 0.414 e. The Kier molecular flexibility index (Phi) is 5.31. The molecule has 0 unspecified atom stereocenters. The molecule has 8 heteroatoms. The van der Waals surface area contributed by atoms with Crippen LogP contribution in [0, 0.1) is 0 Å². The van der Waals surface area contributed by atoms with Crippen molar-refractivity contribution in [2.75, 3.05) is 18.0 Å². The number of nitrogens with zero attached hydrogens (tertiary/aromatic N) is 4. The Labute approximate surface area is 166 Å². The number of benzene rings is 2. The van der Waals surface area contributed by atoms with E-state index in [0.29, 0.717) is 23.8 Å². The standard InChI is InChI=1S/C20H18N6OS/c21-10-11-28-16-9-5-4-8-14(16)15-12-23-18(22)17(24-15)20-26-25-19(27-20)13-6-2-1-3-7-13/h1-9,12H,10-11,21H2,(H2,22,23). The summed E-state index contributed by atoms with van der Waals surface area (Å²) in [6.07, 6.45) is 1.65. The zero-order chi connectivity index (χ0) is 19.3. The van der Waals surface area contributed by atoms with E-state index < -0.39 is 0 Å². The van der Waals surface area contributed by atoms with E-state index in [1.807, 2.05) is 54.6 Å². The molecule has 0 radical (unpaired) electrons. The van der Waals surface area contributed by atoms with Gasteiger partial charge < -0.3 is 15.9 Å². The predicted octanol–water partition coefficient (Wildman–Crippen LogP) is 3.49. The third kappa shape index (κ3) is 3.73. The molecule has 0 fully saturated rings. The van der Waals surface area contributed by atoms with Gasteiger partial charge in [0, 0.05) is 28.3 Å². The third-order valence-electron chi connectivity index (χ3n) is 3.99. The third-order valence-corrected chi connectivity index (χ3v) is 5.09. The molecule has 0 aliphatic carbocycles. The van der Waals surface area contributed by atoms with Crippen LogP contribution in [0.25, 0.3) is 34.3 Å². The SMILES string of the molecule is NCCSc1ccccc1-c1cnc(N)c(-c2nnc(-c3ccccc3)o2)n1. The monoisotopic (exact) mass is 390 g/mol. The van der Waals surface area contributed by atoms with Crippen molar-refractivity contribution in [2.45, 2.75) is 4.90 Å². The Morgan fingerprint density at radius 1 is 0.929 bits per heavy atom. The van der Waals surface area contributed by atoms with E-state index in [1.165, 1.54) is 0 Å². The average Bonchev–Trinajstić information content (AvgIpc) is 3.23. The first-order chi connectivity index (χ1) is 13.8.